The van der Waals surface area contributed by atoms with Gasteiger partial charge in [0.2, 0.25) is 0 Å². The fraction of sp³-hybridized carbons (Fsp3) is 0.409. The largest absolute Gasteiger partial charge is 0.377 e. The summed E-state index contributed by atoms with van der Waals surface area (Å²) in [6.45, 7) is 4.21. The quantitative estimate of drug-likeness (QED) is 0.483. The fourth-order valence-corrected chi connectivity index (χ4v) is 5.23. The lowest BCUT2D eigenvalue weighted by molar-refractivity contribution is -0.385. The second-order valence-electron chi connectivity index (χ2n) is 8.13. The van der Waals surface area contributed by atoms with Crippen LogP contribution in [0.2, 0.25) is 0 Å². The third kappa shape index (κ3) is 5.49. The zero-order valence-corrected chi connectivity index (χ0v) is 18.9. The van der Waals surface area contributed by atoms with Gasteiger partial charge in [0.05, 0.1) is 27.2 Å². The number of carbonyl (C=O) groups is 1. The number of amides is 1. The van der Waals surface area contributed by atoms with Gasteiger partial charge in [-0.1, -0.05) is 18.2 Å². The van der Waals surface area contributed by atoms with E-state index in [0.717, 1.165) is 45.1 Å². The Kier molecular flexibility index (Phi) is 6.91. The number of rotatable bonds is 7. The first-order valence-electron chi connectivity index (χ1n) is 10.8. The Morgan fingerprint density at radius 3 is 2.58 bits per heavy atom. The van der Waals surface area contributed by atoms with Crippen LogP contribution >= 0.6 is 0 Å². The van der Waals surface area contributed by atoms with E-state index in [1.54, 1.807) is 23.1 Å². The first-order chi connectivity index (χ1) is 15.8. The first-order valence-corrected chi connectivity index (χ1v) is 12.3. The van der Waals surface area contributed by atoms with E-state index < -0.39 is 14.9 Å². The Hall–Kier alpha value is -3.02. The van der Waals surface area contributed by atoms with Crippen molar-refractivity contribution in [2.75, 3.05) is 44.1 Å². The van der Waals surface area contributed by atoms with Gasteiger partial charge in [0, 0.05) is 51.5 Å². The molecule has 0 spiro atoms. The van der Waals surface area contributed by atoms with Crippen molar-refractivity contribution in [2.24, 2.45) is 0 Å². The lowest BCUT2D eigenvalue weighted by atomic mass is 10.1. The summed E-state index contributed by atoms with van der Waals surface area (Å²) >= 11 is 0. The highest BCUT2D eigenvalue weighted by Crippen LogP contribution is 2.24. The van der Waals surface area contributed by atoms with Crippen molar-refractivity contribution in [3.63, 3.8) is 0 Å². The van der Waals surface area contributed by atoms with E-state index in [-0.39, 0.29) is 33.8 Å². The van der Waals surface area contributed by atoms with Gasteiger partial charge in [-0.25, -0.2) is 8.42 Å². The van der Waals surface area contributed by atoms with Crippen molar-refractivity contribution in [3.8, 4) is 0 Å². The molecule has 0 saturated carbocycles. The highest BCUT2D eigenvalue weighted by atomic mass is 32.2. The molecule has 2 aromatic rings. The summed E-state index contributed by atoms with van der Waals surface area (Å²) in [4.78, 5) is 27.3. The molecule has 2 aromatic carbocycles. The van der Waals surface area contributed by atoms with Crippen molar-refractivity contribution in [3.05, 3.63) is 64.2 Å². The van der Waals surface area contributed by atoms with Gasteiger partial charge in [-0.3, -0.25) is 24.5 Å². The molecule has 0 aliphatic carbocycles. The molecule has 2 heterocycles. The number of anilines is 1. The molecule has 11 heteroatoms. The summed E-state index contributed by atoms with van der Waals surface area (Å²) in [6.07, 6.45) is 2.42. The average Bonchev–Trinajstić information content (AvgIpc) is 3.32. The molecule has 33 heavy (non-hydrogen) atoms. The van der Waals surface area contributed by atoms with Gasteiger partial charge >= 0.3 is 0 Å². The van der Waals surface area contributed by atoms with Crippen LogP contribution in [0.5, 0.6) is 0 Å². The van der Waals surface area contributed by atoms with Crippen LogP contribution in [0, 0.1) is 10.1 Å². The summed E-state index contributed by atoms with van der Waals surface area (Å²) in [7, 11) is -4.13. The van der Waals surface area contributed by atoms with E-state index in [9.17, 15) is 23.3 Å². The number of benzene rings is 2. The number of hydrogen-bond acceptors (Lipinski definition) is 7. The maximum atomic E-state index is 13.2. The number of para-hydroxylation sites is 1. The van der Waals surface area contributed by atoms with Gasteiger partial charge in [0.1, 0.15) is 0 Å². The van der Waals surface area contributed by atoms with Crippen LogP contribution in [0.1, 0.15) is 23.2 Å². The Balaban J connectivity index is 1.45. The van der Waals surface area contributed by atoms with Gasteiger partial charge in [-0.15, -0.1) is 0 Å². The van der Waals surface area contributed by atoms with E-state index in [2.05, 4.69) is 9.62 Å². The number of sulfonamides is 1. The predicted molar refractivity (Wildman–Crippen MR) is 122 cm³/mol. The lowest BCUT2D eigenvalue weighted by Gasteiger charge is -2.36. The van der Waals surface area contributed by atoms with Gasteiger partial charge in [0.15, 0.2) is 0 Å². The second-order valence-corrected chi connectivity index (χ2v) is 9.82. The van der Waals surface area contributed by atoms with Crippen molar-refractivity contribution in [2.45, 2.75) is 23.8 Å². The highest BCUT2D eigenvalue weighted by molar-refractivity contribution is 7.92. The molecule has 1 atom stereocenters. The van der Waals surface area contributed by atoms with E-state index in [1.165, 1.54) is 24.3 Å². The number of piperazine rings is 1. The minimum Gasteiger partial charge on any atom is -0.377 e. The van der Waals surface area contributed by atoms with Gasteiger partial charge in [-0.2, -0.15) is 0 Å². The van der Waals surface area contributed by atoms with Crippen LogP contribution in [0.4, 0.5) is 11.4 Å². The number of ether oxygens (including phenoxy) is 1. The average molecular weight is 475 g/mol. The summed E-state index contributed by atoms with van der Waals surface area (Å²) in [6, 6.07) is 11.2. The van der Waals surface area contributed by atoms with E-state index >= 15 is 0 Å². The molecule has 0 radical (unpaired) electrons. The van der Waals surface area contributed by atoms with Gasteiger partial charge in [0.25, 0.3) is 21.6 Å². The Morgan fingerprint density at radius 1 is 1.12 bits per heavy atom. The summed E-state index contributed by atoms with van der Waals surface area (Å²) in [5.41, 5.74) is 0.0398. The standard InChI is InChI=1S/C22H26N4O6S/c27-22(25-12-10-24(11-13-25)16-18-6-4-14-32-18)20-8-1-2-9-21(20)23-33(30,31)19-7-3-5-17(15-19)26(28)29/h1-3,5,7-9,15,18,23H,4,6,10-14,16H2. The molecule has 10 nitrogen and oxygen atoms in total. The van der Waals surface area contributed by atoms with Crippen LogP contribution in [0.15, 0.2) is 53.4 Å². The maximum absolute atomic E-state index is 13.2. The molecule has 0 aromatic heterocycles. The zero-order valence-electron chi connectivity index (χ0n) is 18.1. The zero-order chi connectivity index (χ0) is 23.4. The van der Waals surface area contributed by atoms with Crippen molar-refractivity contribution in [1.29, 1.82) is 0 Å². The Morgan fingerprint density at radius 2 is 1.88 bits per heavy atom. The summed E-state index contributed by atoms with van der Waals surface area (Å²) < 4.78 is 33.8. The molecule has 176 valence electrons. The van der Waals surface area contributed by atoms with Gasteiger partial charge < -0.3 is 9.64 Å². The minimum atomic E-state index is -4.13. The van der Waals surface area contributed by atoms with Crippen LogP contribution in [-0.4, -0.2) is 74.5 Å². The summed E-state index contributed by atoms with van der Waals surface area (Å²) in [5.74, 6) is -0.260. The molecule has 2 aliphatic heterocycles. The van der Waals surface area contributed by atoms with E-state index in [0.29, 0.717) is 13.1 Å². The fourth-order valence-electron chi connectivity index (χ4n) is 4.11. The molecule has 1 N–H and O–H groups in total. The van der Waals surface area contributed by atoms with Crippen LogP contribution in [0.3, 0.4) is 0 Å². The molecular formula is C22H26N4O6S. The van der Waals surface area contributed by atoms with Crippen LogP contribution in [-0.2, 0) is 14.8 Å². The topological polar surface area (TPSA) is 122 Å². The molecule has 1 amide bonds. The molecular weight excluding hydrogens is 448 g/mol. The molecule has 0 bridgehead atoms. The molecule has 2 saturated heterocycles. The number of non-ortho nitro benzene ring substituents is 1. The summed E-state index contributed by atoms with van der Waals surface area (Å²) in [5, 5.41) is 11.0. The first kappa shape index (κ1) is 23.1. The van der Waals surface area contributed by atoms with E-state index in [4.69, 9.17) is 4.74 Å². The number of carbonyl (C=O) groups excluding carboxylic acids is 1. The van der Waals surface area contributed by atoms with E-state index in [1.807, 2.05) is 0 Å². The third-order valence-corrected chi connectivity index (χ3v) is 7.25. The molecule has 4 rings (SSSR count). The number of nitrogens with one attached hydrogen (secondary N) is 1. The van der Waals surface area contributed by atoms with Crippen molar-refractivity contribution >= 4 is 27.3 Å². The third-order valence-electron chi connectivity index (χ3n) is 5.89. The molecule has 1 unspecified atom stereocenters. The van der Waals surface area contributed by atoms with Crippen molar-refractivity contribution in [1.82, 2.24) is 9.80 Å². The highest BCUT2D eigenvalue weighted by Gasteiger charge is 2.27. The smallest absolute Gasteiger partial charge is 0.270 e. The Bertz CT molecular complexity index is 1130. The molecule has 2 aliphatic rings. The van der Waals surface area contributed by atoms with Gasteiger partial charge in [-0.05, 0) is 31.0 Å². The molecule has 2 fully saturated rings. The Labute approximate surface area is 192 Å². The number of nitro benzene ring substituents is 1. The number of hydrogen-bond donors (Lipinski definition) is 1. The normalized spacial score (nSPS) is 19.4. The SMILES string of the molecule is O=C(c1ccccc1NS(=O)(=O)c1cccc([N+](=O)[O-])c1)N1CCN(CC2CCCO2)CC1. The lowest BCUT2D eigenvalue weighted by Crippen LogP contribution is -2.50. The minimum absolute atomic E-state index is 0.135. The number of nitrogens with zero attached hydrogens (tertiary/aromatic N) is 3. The van der Waals surface area contributed by atoms with Crippen molar-refractivity contribution < 1.29 is 22.9 Å². The van der Waals surface area contributed by atoms with Crippen LogP contribution in [0.25, 0.3) is 0 Å². The van der Waals surface area contributed by atoms with Crippen LogP contribution < -0.4 is 4.72 Å². The number of nitro groups is 1. The predicted octanol–water partition coefficient (Wildman–Crippen LogP) is 2.33. The maximum Gasteiger partial charge on any atom is 0.270 e. The second kappa shape index (κ2) is 9.86. The monoisotopic (exact) mass is 474 g/mol.